The average molecular weight is 333 g/mol. The van der Waals surface area contributed by atoms with Crippen LogP contribution >= 0.6 is 11.3 Å². The molecule has 1 aromatic heterocycles. The number of nitrogens with zero attached hydrogens (tertiary/aromatic N) is 1. The minimum Gasteiger partial charge on any atom is -0.396 e. The molecule has 1 heterocycles. The number of aliphatic hydroxyl groups excluding tert-OH is 1. The quantitative estimate of drug-likeness (QED) is 0.760. The number of hydrogen-bond acceptors (Lipinski definition) is 4. The van der Waals surface area contributed by atoms with Crippen LogP contribution in [0, 0.1) is 5.92 Å². The lowest BCUT2D eigenvalue weighted by atomic mass is 10.1. The third kappa shape index (κ3) is 4.77. The Morgan fingerprint density at radius 2 is 1.91 bits per heavy atom. The van der Waals surface area contributed by atoms with Crippen LogP contribution in [0.1, 0.15) is 31.8 Å². The van der Waals surface area contributed by atoms with E-state index in [9.17, 15) is 4.79 Å². The average Bonchev–Trinajstić information content (AvgIpc) is 3.04. The molecule has 2 aromatic rings. The fourth-order valence-corrected chi connectivity index (χ4v) is 2.87. The van der Waals surface area contributed by atoms with E-state index in [0.29, 0.717) is 0 Å². The number of rotatable bonds is 6. The topological polar surface area (TPSA) is 74.2 Å². The molecule has 0 saturated heterocycles. The Labute approximate surface area is 140 Å². The molecule has 0 aliphatic heterocycles. The summed E-state index contributed by atoms with van der Waals surface area (Å²) in [7, 11) is 0. The summed E-state index contributed by atoms with van der Waals surface area (Å²) in [5.74, 6) is 0.0144. The van der Waals surface area contributed by atoms with Crippen LogP contribution in [0.4, 0.5) is 4.79 Å². The standard InChI is InChI=1S/C17H23N3O2S/c1-11(9-21)12(2)18-17(22)19-13(3)16-20-15(10-23-16)14-7-5-4-6-8-14/h4-8,10-13,21H,9H2,1-3H3,(H2,18,19,22). The van der Waals surface area contributed by atoms with Crippen LogP contribution in [0.3, 0.4) is 0 Å². The first-order valence-corrected chi connectivity index (χ1v) is 8.58. The molecule has 5 nitrogen and oxygen atoms in total. The predicted octanol–water partition coefficient (Wildman–Crippen LogP) is 3.19. The molecule has 3 atom stereocenters. The van der Waals surface area contributed by atoms with Crippen molar-refractivity contribution in [3.63, 3.8) is 0 Å². The number of benzene rings is 1. The third-order valence-corrected chi connectivity index (χ3v) is 4.84. The van der Waals surface area contributed by atoms with E-state index in [0.717, 1.165) is 16.3 Å². The summed E-state index contributed by atoms with van der Waals surface area (Å²) < 4.78 is 0. The van der Waals surface area contributed by atoms with Gasteiger partial charge in [-0.15, -0.1) is 11.3 Å². The fourth-order valence-electron chi connectivity index (χ4n) is 2.04. The summed E-state index contributed by atoms with van der Waals surface area (Å²) >= 11 is 1.53. The van der Waals surface area contributed by atoms with Gasteiger partial charge in [0.2, 0.25) is 0 Å². The molecule has 0 fully saturated rings. The van der Waals surface area contributed by atoms with Gasteiger partial charge in [0.05, 0.1) is 11.7 Å². The Bertz CT molecular complexity index is 630. The molecule has 23 heavy (non-hydrogen) atoms. The molecular formula is C17H23N3O2S. The highest BCUT2D eigenvalue weighted by Crippen LogP contribution is 2.25. The minimum absolute atomic E-state index is 0.0144. The molecule has 0 radical (unpaired) electrons. The summed E-state index contributed by atoms with van der Waals surface area (Å²) in [6.07, 6.45) is 0. The van der Waals surface area contributed by atoms with Crippen LogP contribution in [0.2, 0.25) is 0 Å². The SMILES string of the molecule is CC(NC(=O)NC(C)C(C)CO)c1nc(-c2ccccc2)cs1. The van der Waals surface area contributed by atoms with Crippen molar-refractivity contribution in [1.82, 2.24) is 15.6 Å². The van der Waals surface area contributed by atoms with Gasteiger partial charge < -0.3 is 15.7 Å². The molecule has 2 rings (SSSR count). The van der Waals surface area contributed by atoms with Gasteiger partial charge in [-0.25, -0.2) is 9.78 Å². The lowest BCUT2D eigenvalue weighted by Gasteiger charge is -2.21. The Hall–Kier alpha value is -1.92. The maximum Gasteiger partial charge on any atom is 0.315 e. The van der Waals surface area contributed by atoms with Crippen LogP contribution < -0.4 is 10.6 Å². The number of hydrogen-bond donors (Lipinski definition) is 3. The Balaban J connectivity index is 1.95. The highest BCUT2D eigenvalue weighted by molar-refractivity contribution is 7.10. The number of nitrogens with one attached hydrogen (secondary N) is 2. The van der Waals surface area contributed by atoms with Crippen LogP contribution in [0.5, 0.6) is 0 Å². The van der Waals surface area contributed by atoms with Crippen molar-refractivity contribution in [2.45, 2.75) is 32.9 Å². The first kappa shape index (κ1) is 17.4. The van der Waals surface area contributed by atoms with Crippen LogP contribution in [-0.4, -0.2) is 28.8 Å². The predicted molar refractivity (Wildman–Crippen MR) is 93.3 cm³/mol. The molecule has 0 spiro atoms. The Morgan fingerprint density at radius 1 is 1.22 bits per heavy atom. The summed E-state index contributed by atoms with van der Waals surface area (Å²) in [6.45, 7) is 5.72. The summed E-state index contributed by atoms with van der Waals surface area (Å²) in [5, 5.41) is 17.7. The molecule has 124 valence electrons. The number of thiazole rings is 1. The van der Waals surface area contributed by atoms with Crippen molar-refractivity contribution >= 4 is 17.4 Å². The van der Waals surface area contributed by atoms with E-state index in [4.69, 9.17) is 5.11 Å². The molecule has 3 N–H and O–H groups in total. The van der Waals surface area contributed by atoms with E-state index in [1.54, 1.807) is 0 Å². The van der Waals surface area contributed by atoms with E-state index in [2.05, 4.69) is 15.6 Å². The maximum atomic E-state index is 12.0. The van der Waals surface area contributed by atoms with E-state index >= 15 is 0 Å². The Morgan fingerprint density at radius 3 is 2.57 bits per heavy atom. The number of carbonyl (C=O) groups is 1. The van der Waals surface area contributed by atoms with Crippen molar-refractivity contribution in [3.05, 3.63) is 40.7 Å². The van der Waals surface area contributed by atoms with Gasteiger partial charge in [0.25, 0.3) is 0 Å². The summed E-state index contributed by atoms with van der Waals surface area (Å²) in [6, 6.07) is 9.45. The molecule has 3 unspecified atom stereocenters. The van der Waals surface area contributed by atoms with E-state index in [-0.39, 0.29) is 30.6 Å². The van der Waals surface area contributed by atoms with E-state index in [1.165, 1.54) is 11.3 Å². The maximum absolute atomic E-state index is 12.0. The van der Waals surface area contributed by atoms with Gasteiger partial charge in [-0.05, 0) is 19.8 Å². The first-order valence-electron chi connectivity index (χ1n) is 7.70. The van der Waals surface area contributed by atoms with Gasteiger partial charge in [0.15, 0.2) is 0 Å². The molecule has 6 heteroatoms. The smallest absolute Gasteiger partial charge is 0.315 e. The van der Waals surface area contributed by atoms with Gasteiger partial charge in [0, 0.05) is 23.6 Å². The molecular weight excluding hydrogens is 310 g/mol. The van der Waals surface area contributed by atoms with Gasteiger partial charge in [0.1, 0.15) is 5.01 Å². The van der Waals surface area contributed by atoms with Gasteiger partial charge >= 0.3 is 6.03 Å². The lowest BCUT2D eigenvalue weighted by molar-refractivity contribution is 0.199. The molecule has 0 aliphatic rings. The van der Waals surface area contributed by atoms with Crippen LogP contribution in [-0.2, 0) is 0 Å². The minimum atomic E-state index is -0.248. The lowest BCUT2D eigenvalue weighted by Crippen LogP contribution is -2.44. The van der Waals surface area contributed by atoms with Crippen molar-refractivity contribution in [2.24, 2.45) is 5.92 Å². The first-order chi connectivity index (χ1) is 11.0. The third-order valence-electron chi connectivity index (χ3n) is 3.81. The second kappa shape index (κ2) is 8.08. The zero-order chi connectivity index (χ0) is 16.8. The number of urea groups is 1. The highest BCUT2D eigenvalue weighted by atomic mass is 32.1. The fraction of sp³-hybridized carbons (Fsp3) is 0.412. The highest BCUT2D eigenvalue weighted by Gasteiger charge is 2.17. The van der Waals surface area contributed by atoms with Crippen molar-refractivity contribution in [1.29, 1.82) is 0 Å². The van der Waals surface area contributed by atoms with Gasteiger partial charge in [-0.1, -0.05) is 37.3 Å². The Kier molecular flexibility index (Phi) is 6.12. The molecule has 1 aromatic carbocycles. The largest absolute Gasteiger partial charge is 0.396 e. The van der Waals surface area contributed by atoms with Gasteiger partial charge in [-0.3, -0.25) is 0 Å². The summed E-state index contributed by atoms with van der Waals surface area (Å²) in [5.41, 5.74) is 1.99. The molecule has 0 aliphatic carbocycles. The van der Waals surface area contributed by atoms with Crippen LogP contribution in [0.15, 0.2) is 35.7 Å². The molecule has 0 bridgehead atoms. The normalized spacial score (nSPS) is 14.8. The van der Waals surface area contributed by atoms with Crippen molar-refractivity contribution in [2.75, 3.05) is 6.61 Å². The number of amides is 2. The summed E-state index contributed by atoms with van der Waals surface area (Å²) in [4.78, 5) is 16.6. The molecule has 0 saturated carbocycles. The van der Waals surface area contributed by atoms with Crippen molar-refractivity contribution in [3.8, 4) is 11.3 Å². The van der Waals surface area contributed by atoms with Crippen LogP contribution in [0.25, 0.3) is 11.3 Å². The van der Waals surface area contributed by atoms with E-state index < -0.39 is 0 Å². The zero-order valence-corrected chi connectivity index (χ0v) is 14.4. The number of aromatic nitrogens is 1. The number of aliphatic hydroxyl groups is 1. The van der Waals surface area contributed by atoms with Crippen molar-refractivity contribution < 1.29 is 9.90 Å². The zero-order valence-electron chi connectivity index (χ0n) is 13.6. The second-order valence-corrected chi connectivity index (χ2v) is 6.61. The van der Waals surface area contributed by atoms with Gasteiger partial charge in [-0.2, -0.15) is 0 Å². The monoisotopic (exact) mass is 333 g/mol. The second-order valence-electron chi connectivity index (χ2n) is 5.73. The molecule has 2 amide bonds. The number of carbonyl (C=O) groups excluding carboxylic acids is 1. The van der Waals surface area contributed by atoms with E-state index in [1.807, 2.05) is 56.5 Å².